The molecule has 6 nitrogen and oxygen atoms in total. The molecule has 0 saturated carbocycles. The number of hydrogen-bond acceptors (Lipinski definition) is 4. The second-order valence-corrected chi connectivity index (χ2v) is 3.87. The number of hydrogen-bond donors (Lipinski definition) is 2. The first-order valence-corrected chi connectivity index (χ1v) is 5.84. The van der Waals surface area contributed by atoms with Crippen molar-refractivity contribution in [2.45, 2.75) is 0 Å². The molecule has 1 heterocycles. The molecule has 0 saturated heterocycles. The maximum absolute atomic E-state index is 11.5. The number of carboxylic acids is 1. The summed E-state index contributed by atoms with van der Waals surface area (Å²) in [5, 5.41) is 10.7. The minimum absolute atomic E-state index is 0.131. The third-order valence-corrected chi connectivity index (χ3v) is 2.35. The summed E-state index contributed by atoms with van der Waals surface area (Å²) in [5.74, 6) is -0.496. The summed E-state index contributed by atoms with van der Waals surface area (Å²) in [6, 6.07) is 12.2. The number of rotatable bonds is 5. The Bertz CT molecular complexity index is 596. The van der Waals surface area contributed by atoms with Crippen molar-refractivity contribution in [2.75, 3.05) is 6.54 Å². The highest BCUT2D eigenvalue weighted by molar-refractivity contribution is 5.94. The van der Waals surface area contributed by atoms with Gasteiger partial charge in [0, 0.05) is 0 Å². The number of carbonyl (C=O) groups is 2. The van der Waals surface area contributed by atoms with Gasteiger partial charge >= 0.3 is 5.97 Å². The van der Waals surface area contributed by atoms with Gasteiger partial charge in [-0.1, -0.05) is 18.2 Å². The number of nitrogens with zero attached hydrogens (tertiary/aromatic N) is 1. The summed E-state index contributed by atoms with van der Waals surface area (Å²) in [4.78, 5) is 25.8. The highest BCUT2D eigenvalue weighted by atomic mass is 16.5. The first-order chi connectivity index (χ1) is 9.65. The van der Waals surface area contributed by atoms with Gasteiger partial charge in [0.15, 0.2) is 0 Å². The topological polar surface area (TPSA) is 88.5 Å². The number of ether oxygens (including phenoxy) is 1. The summed E-state index contributed by atoms with van der Waals surface area (Å²) < 4.78 is 5.52. The Kier molecular flexibility index (Phi) is 4.28. The van der Waals surface area contributed by atoms with Crippen LogP contribution in [0.2, 0.25) is 0 Å². The maximum Gasteiger partial charge on any atom is 0.322 e. The number of benzene rings is 1. The first kappa shape index (κ1) is 13.5. The van der Waals surface area contributed by atoms with Gasteiger partial charge in [0.05, 0.1) is 6.20 Å². The quantitative estimate of drug-likeness (QED) is 0.864. The summed E-state index contributed by atoms with van der Waals surface area (Å²) in [7, 11) is 0. The van der Waals surface area contributed by atoms with Gasteiger partial charge in [0.25, 0.3) is 5.91 Å². The first-order valence-electron chi connectivity index (χ1n) is 5.84. The van der Waals surface area contributed by atoms with Crippen LogP contribution in [0.3, 0.4) is 0 Å². The average Bonchev–Trinajstić information content (AvgIpc) is 2.46. The van der Waals surface area contributed by atoms with E-state index in [-0.39, 0.29) is 5.69 Å². The van der Waals surface area contributed by atoms with Crippen LogP contribution in [-0.2, 0) is 4.79 Å². The maximum atomic E-state index is 11.5. The molecule has 0 aliphatic carbocycles. The van der Waals surface area contributed by atoms with Crippen LogP contribution >= 0.6 is 0 Å². The van der Waals surface area contributed by atoms with Crippen molar-refractivity contribution in [3.05, 3.63) is 54.4 Å². The van der Waals surface area contributed by atoms with Gasteiger partial charge in [-0.3, -0.25) is 9.59 Å². The molecule has 1 amide bonds. The van der Waals surface area contributed by atoms with Crippen LogP contribution in [0.5, 0.6) is 11.5 Å². The molecular weight excluding hydrogens is 260 g/mol. The monoisotopic (exact) mass is 272 g/mol. The Morgan fingerprint density at radius 3 is 2.45 bits per heavy atom. The lowest BCUT2D eigenvalue weighted by molar-refractivity contribution is -0.135. The van der Waals surface area contributed by atoms with Crippen molar-refractivity contribution in [1.82, 2.24) is 10.3 Å². The van der Waals surface area contributed by atoms with Crippen molar-refractivity contribution < 1.29 is 19.4 Å². The number of carbonyl (C=O) groups excluding carboxylic acids is 1. The van der Waals surface area contributed by atoms with Crippen LogP contribution in [0, 0.1) is 0 Å². The fourth-order valence-electron chi connectivity index (χ4n) is 1.45. The highest BCUT2D eigenvalue weighted by Crippen LogP contribution is 2.19. The van der Waals surface area contributed by atoms with E-state index < -0.39 is 18.4 Å². The molecule has 0 unspecified atom stereocenters. The molecule has 0 atom stereocenters. The molecule has 102 valence electrons. The van der Waals surface area contributed by atoms with Gasteiger partial charge in [0.2, 0.25) is 0 Å². The molecule has 2 aromatic rings. The zero-order valence-electron chi connectivity index (χ0n) is 10.4. The van der Waals surface area contributed by atoms with Crippen LogP contribution in [0.1, 0.15) is 10.5 Å². The summed E-state index contributed by atoms with van der Waals surface area (Å²) in [6.45, 7) is -0.442. The normalized spacial score (nSPS) is 9.80. The van der Waals surface area contributed by atoms with Gasteiger partial charge in [-0.15, -0.1) is 0 Å². The van der Waals surface area contributed by atoms with E-state index >= 15 is 0 Å². The van der Waals surface area contributed by atoms with Crippen LogP contribution in [0.4, 0.5) is 0 Å². The Balaban J connectivity index is 1.99. The van der Waals surface area contributed by atoms with Crippen LogP contribution in [0.25, 0.3) is 0 Å². The molecule has 0 aliphatic heterocycles. The van der Waals surface area contributed by atoms with Crippen molar-refractivity contribution >= 4 is 11.9 Å². The molecular formula is C14H12N2O4. The number of carboxylic acid groups (broad SMARTS) is 1. The third kappa shape index (κ3) is 3.81. The molecule has 0 radical (unpaired) electrons. The predicted molar refractivity (Wildman–Crippen MR) is 70.7 cm³/mol. The van der Waals surface area contributed by atoms with Crippen molar-refractivity contribution in [3.63, 3.8) is 0 Å². The van der Waals surface area contributed by atoms with Gasteiger partial charge in [-0.2, -0.15) is 0 Å². The van der Waals surface area contributed by atoms with Gasteiger partial charge in [0.1, 0.15) is 23.7 Å². The van der Waals surface area contributed by atoms with Crippen LogP contribution in [-0.4, -0.2) is 28.5 Å². The lowest BCUT2D eigenvalue weighted by atomic mass is 10.3. The molecule has 2 rings (SSSR count). The summed E-state index contributed by atoms with van der Waals surface area (Å²) in [5.41, 5.74) is 0.131. The van der Waals surface area contributed by atoms with Crippen LogP contribution < -0.4 is 10.1 Å². The number of pyridine rings is 1. The molecule has 0 fully saturated rings. The molecule has 1 aromatic carbocycles. The number of aromatic nitrogens is 1. The number of aliphatic carboxylic acids is 1. The zero-order chi connectivity index (χ0) is 14.4. The lowest BCUT2D eigenvalue weighted by Crippen LogP contribution is -2.29. The molecule has 20 heavy (non-hydrogen) atoms. The second kappa shape index (κ2) is 6.33. The highest BCUT2D eigenvalue weighted by Gasteiger charge is 2.08. The molecule has 1 aromatic heterocycles. The fraction of sp³-hybridized carbons (Fsp3) is 0.0714. The SMILES string of the molecule is O=C(O)CNC(=O)c1ccc(Oc2ccccc2)cn1. The van der Waals surface area contributed by atoms with Crippen LogP contribution in [0.15, 0.2) is 48.7 Å². The van der Waals surface area contributed by atoms with E-state index in [1.165, 1.54) is 12.3 Å². The number of nitrogens with one attached hydrogen (secondary N) is 1. The minimum atomic E-state index is -1.11. The van der Waals surface area contributed by atoms with E-state index in [0.717, 1.165) is 0 Å². The third-order valence-electron chi connectivity index (χ3n) is 2.35. The van der Waals surface area contributed by atoms with E-state index in [1.54, 1.807) is 18.2 Å². The van der Waals surface area contributed by atoms with Crippen molar-refractivity contribution in [1.29, 1.82) is 0 Å². The van der Waals surface area contributed by atoms with E-state index in [1.807, 2.05) is 18.2 Å². The molecule has 0 aliphatic rings. The molecule has 0 bridgehead atoms. The summed E-state index contributed by atoms with van der Waals surface area (Å²) in [6.07, 6.45) is 1.41. The Morgan fingerprint density at radius 1 is 1.10 bits per heavy atom. The average molecular weight is 272 g/mol. The largest absolute Gasteiger partial charge is 0.480 e. The lowest BCUT2D eigenvalue weighted by Gasteiger charge is -2.06. The van der Waals surface area contributed by atoms with E-state index in [4.69, 9.17) is 9.84 Å². The zero-order valence-corrected chi connectivity index (χ0v) is 10.4. The van der Waals surface area contributed by atoms with Crippen molar-refractivity contribution in [2.24, 2.45) is 0 Å². The molecule has 6 heteroatoms. The van der Waals surface area contributed by atoms with Gasteiger partial charge in [-0.05, 0) is 24.3 Å². The Labute approximate surface area is 115 Å². The predicted octanol–water partition coefficient (Wildman–Crippen LogP) is 1.69. The van der Waals surface area contributed by atoms with Crippen molar-refractivity contribution in [3.8, 4) is 11.5 Å². The van der Waals surface area contributed by atoms with Gasteiger partial charge in [-0.25, -0.2) is 4.98 Å². The van der Waals surface area contributed by atoms with Gasteiger partial charge < -0.3 is 15.2 Å². The second-order valence-electron chi connectivity index (χ2n) is 3.87. The van der Waals surface area contributed by atoms with E-state index in [0.29, 0.717) is 11.5 Å². The summed E-state index contributed by atoms with van der Waals surface area (Å²) >= 11 is 0. The number of amides is 1. The fourth-order valence-corrected chi connectivity index (χ4v) is 1.45. The smallest absolute Gasteiger partial charge is 0.322 e. The van der Waals surface area contributed by atoms with E-state index in [2.05, 4.69) is 10.3 Å². The Hall–Kier alpha value is -2.89. The minimum Gasteiger partial charge on any atom is -0.480 e. The standard InChI is InChI=1S/C14H12N2O4/c17-13(18)9-16-14(19)12-7-6-11(8-15-12)20-10-4-2-1-3-5-10/h1-8H,9H2,(H,16,19)(H,17,18). The number of para-hydroxylation sites is 1. The molecule has 0 spiro atoms. The van der Waals surface area contributed by atoms with E-state index in [9.17, 15) is 9.59 Å². The molecule has 2 N–H and O–H groups in total. The Morgan fingerprint density at radius 2 is 1.85 bits per heavy atom.